The summed E-state index contributed by atoms with van der Waals surface area (Å²) in [6, 6.07) is 3.16. The molecule has 88 valence electrons. The van der Waals surface area contributed by atoms with E-state index in [0.29, 0.717) is 18.1 Å². The van der Waals surface area contributed by atoms with Crippen molar-refractivity contribution in [2.75, 3.05) is 26.6 Å². The van der Waals surface area contributed by atoms with Crippen LogP contribution >= 0.6 is 0 Å². The van der Waals surface area contributed by atoms with Gasteiger partial charge in [0.2, 0.25) is 0 Å². The molecule has 5 nitrogen and oxygen atoms in total. The Hall–Kier alpha value is -1.91. The van der Waals surface area contributed by atoms with Crippen LogP contribution in [0.4, 0.5) is 5.69 Å². The molecule has 0 unspecified atom stereocenters. The lowest BCUT2D eigenvalue weighted by atomic mass is 10.1. The molecule has 0 saturated carbocycles. The zero-order valence-electron chi connectivity index (χ0n) is 9.57. The van der Waals surface area contributed by atoms with Gasteiger partial charge in [-0.05, 0) is 19.1 Å². The lowest BCUT2D eigenvalue weighted by Crippen LogP contribution is -2.09. The van der Waals surface area contributed by atoms with Crippen molar-refractivity contribution in [2.45, 2.75) is 6.92 Å². The van der Waals surface area contributed by atoms with E-state index in [4.69, 9.17) is 19.9 Å². The molecule has 0 heterocycles. The minimum absolute atomic E-state index is 0.223. The number of hydrogen-bond acceptors (Lipinski definition) is 5. The van der Waals surface area contributed by atoms with Gasteiger partial charge >= 0.3 is 5.97 Å². The Kier molecular flexibility index (Phi) is 3.99. The topological polar surface area (TPSA) is 70.8 Å². The minimum Gasteiger partial charge on any atom is -0.493 e. The predicted molar refractivity (Wildman–Crippen MR) is 59.9 cm³/mol. The van der Waals surface area contributed by atoms with Crippen molar-refractivity contribution in [2.24, 2.45) is 0 Å². The van der Waals surface area contributed by atoms with Gasteiger partial charge in [0.05, 0.1) is 32.1 Å². The number of carbonyl (C=O) groups is 1. The van der Waals surface area contributed by atoms with Gasteiger partial charge in [0, 0.05) is 0 Å². The quantitative estimate of drug-likeness (QED) is 0.620. The van der Waals surface area contributed by atoms with Crippen molar-refractivity contribution in [3.05, 3.63) is 17.7 Å². The van der Waals surface area contributed by atoms with Crippen LogP contribution in [0.5, 0.6) is 11.5 Å². The van der Waals surface area contributed by atoms with E-state index in [1.165, 1.54) is 14.2 Å². The molecule has 1 aromatic carbocycles. The van der Waals surface area contributed by atoms with Gasteiger partial charge in [0.1, 0.15) is 0 Å². The normalized spacial score (nSPS) is 9.69. The fraction of sp³-hybridized carbons (Fsp3) is 0.364. The summed E-state index contributed by atoms with van der Waals surface area (Å²) in [5, 5.41) is 0. The van der Waals surface area contributed by atoms with Crippen LogP contribution in [-0.4, -0.2) is 26.8 Å². The fourth-order valence-electron chi connectivity index (χ4n) is 1.34. The lowest BCUT2D eigenvalue weighted by molar-refractivity contribution is 0.0527. The number of carbonyl (C=O) groups excluding carboxylic acids is 1. The van der Waals surface area contributed by atoms with E-state index in [9.17, 15) is 4.79 Å². The van der Waals surface area contributed by atoms with Gasteiger partial charge < -0.3 is 19.9 Å². The van der Waals surface area contributed by atoms with Crippen LogP contribution in [0.25, 0.3) is 0 Å². The first-order chi connectivity index (χ1) is 7.65. The Labute approximate surface area is 94.1 Å². The van der Waals surface area contributed by atoms with Crippen LogP contribution in [0.2, 0.25) is 0 Å². The van der Waals surface area contributed by atoms with Crippen molar-refractivity contribution in [3.8, 4) is 11.5 Å². The zero-order chi connectivity index (χ0) is 12.1. The first-order valence-electron chi connectivity index (χ1n) is 4.83. The molecule has 0 aliphatic carbocycles. The highest BCUT2D eigenvalue weighted by Gasteiger charge is 2.17. The van der Waals surface area contributed by atoms with Crippen LogP contribution in [-0.2, 0) is 4.74 Å². The maximum atomic E-state index is 11.5. The minimum atomic E-state index is -0.471. The van der Waals surface area contributed by atoms with Gasteiger partial charge in [-0.2, -0.15) is 0 Å². The molecule has 1 aromatic rings. The number of rotatable bonds is 4. The van der Waals surface area contributed by atoms with Crippen molar-refractivity contribution in [3.63, 3.8) is 0 Å². The van der Waals surface area contributed by atoms with E-state index in [0.717, 1.165) is 0 Å². The molecular formula is C11H15NO4. The maximum Gasteiger partial charge on any atom is 0.340 e. The van der Waals surface area contributed by atoms with E-state index in [-0.39, 0.29) is 11.3 Å². The van der Waals surface area contributed by atoms with Gasteiger partial charge in [0.15, 0.2) is 11.5 Å². The average molecular weight is 225 g/mol. The molecule has 0 aromatic heterocycles. The molecule has 0 radical (unpaired) electrons. The molecule has 1 rings (SSSR count). The molecule has 5 heteroatoms. The molecule has 0 aliphatic heterocycles. The highest BCUT2D eigenvalue weighted by Crippen LogP contribution is 2.35. The Morgan fingerprint density at radius 2 is 2.00 bits per heavy atom. The number of nitrogens with two attached hydrogens (primary N) is 1. The predicted octanol–water partition coefficient (Wildman–Crippen LogP) is 1.46. The highest BCUT2D eigenvalue weighted by molar-refractivity contribution is 5.97. The summed E-state index contributed by atoms with van der Waals surface area (Å²) < 4.78 is 15.0. The van der Waals surface area contributed by atoms with Gasteiger partial charge in [0.25, 0.3) is 0 Å². The molecule has 0 spiro atoms. The molecule has 0 fully saturated rings. The molecule has 2 N–H and O–H groups in total. The summed E-state index contributed by atoms with van der Waals surface area (Å²) in [6.45, 7) is 2.03. The van der Waals surface area contributed by atoms with E-state index in [2.05, 4.69) is 0 Å². The Balaban J connectivity index is 3.18. The number of anilines is 1. The third kappa shape index (κ3) is 2.18. The second-order valence-electron chi connectivity index (χ2n) is 2.98. The second kappa shape index (κ2) is 5.25. The van der Waals surface area contributed by atoms with Crippen LogP contribution in [0.15, 0.2) is 12.1 Å². The summed E-state index contributed by atoms with van der Waals surface area (Å²) >= 11 is 0. The smallest absolute Gasteiger partial charge is 0.340 e. The van der Waals surface area contributed by atoms with Crippen LogP contribution in [0.3, 0.4) is 0 Å². The van der Waals surface area contributed by atoms with Gasteiger partial charge in [-0.25, -0.2) is 4.79 Å². The number of ether oxygens (including phenoxy) is 3. The van der Waals surface area contributed by atoms with Crippen LogP contribution < -0.4 is 15.2 Å². The first kappa shape index (κ1) is 12.2. The number of esters is 1. The maximum absolute atomic E-state index is 11.5. The van der Waals surface area contributed by atoms with Crippen LogP contribution in [0, 0.1) is 0 Å². The largest absolute Gasteiger partial charge is 0.493 e. The number of nitrogen functional groups attached to an aromatic ring is 1. The lowest BCUT2D eigenvalue weighted by Gasteiger charge is -2.12. The third-order valence-corrected chi connectivity index (χ3v) is 2.08. The molecule has 0 saturated heterocycles. The Bertz CT molecular complexity index is 390. The summed E-state index contributed by atoms with van der Waals surface area (Å²) in [5.74, 6) is 0.349. The van der Waals surface area contributed by atoms with Crippen molar-refractivity contribution in [1.82, 2.24) is 0 Å². The Morgan fingerprint density at radius 1 is 1.31 bits per heavy atom. The Morgan fingerprint density at radius 3 is 2.50 bits per heavy atom. The molecule has 0 atom stereocenters. The molecule has 0 bridgehead atoms. The molecular weight excluding hydrogens is 210 g/mol. The number of methoxy groups -OCH3 is 2. The zero-order valence-corrected chi connectivity index (χ0v) is 9.57. The fourth-order valence-corrected chi connectivity index (χ4v) is 1.34. The summed E-state index contributed by atoms with van der Waals surface area (Å²) in [4.78, 5) is 11.5. The molecule has 16 heavy (non-hydrogen) atoms. The van der Waals surface area contributed by atoms with E-state index >= 15 is 0 Å². The summed E-state index contributed by atoms with van der Waals surface area (Å²) in [6.07, 6.45) is 0. The first-order valence-corrected chi connectivity index (χ1v) is 4.83. The van der Waals surface area contributed by atoms with Crippen LogP contribution in [0.1, 0.15) is 17.3 Å². The molecule has 0 amide bonds. The second-order valence-corrected chi connectivity index (χ2v) is 2.98. The number of hydrogen-bond donors (Lipinski definition) is 1. The van der Waals surface area contributed by atoms with Gasteiger partial charge in [-0.3, -0.25) is 0 Å². The van der Waals surface area contributed by atoms with E-state index < -0.39 is 5.97 Å². The van der Waals surface area contributed by atoms with E-state index in [1.54, 1.807) is 19.1 Å². The average Bonchev–Trinajstić information content (AvgIpc) is 2.28. The third-order valence-electron chi connectivity index (χ3n) is 2.08. The van der Waals surface area contributed by atoms with Gasteiger partial charge in [-0.15, -0.1) is 0 Å². The van der Waals surface area contributed by atoms with Crippen molar-refractivity contribution >= 4 is 11.7 Å². The monoisotopic (exact) mass is 225 g/mol. The van der Waals surface area contributed by atoms with Crippen molar-refractivity contribution < 1.29 is 19.0 Å². The van der Waals surface area contributed by atoms with E-state index in [1.807, 2.05) is 0 Å². The molecule has 0 aliphatic rings. The standard InChI is InChI=1S/C11H15NO4/c1-4-16-11(13)7-5-6-8(14-2)10(15-3)9(7)12/h5-6H,4,12H2,1-3H3. The van der Waals surface area contributed by atoms with Crippen molar-refractivity contribution in [1.29, 1.82) is 0 Å². The number of benzene rings is 1. The summed E-state index contributed by atoms with van der Waals surface area (Å²) in [5.41, 5.74) is 6.30. The summed E-state index contributed by atoms with van der Waals surface area (Å²) in [7, 11) is 2.96. The van der Waals surface area contributed by atoms with Gasteiger partial charge in [-0.1, -0.05) is 0 Å². The SMILES string of the molecule is CCOC(=O)c1ccc(OC)c(OC)c1N. The highest BCUT2D eigenvalue weighted by atomic mass is 16.5.